The van der Waals surface area contributed by atoms with Crippen LogP contribution in [0.5, 0.6) is 0 Å². The van der Waals surface area contributed by atoms with Crippen LogP contribution in [0.2, 0.25) is 0 Å². The van der Waals surface area contributed by atoms with E-state index in [1.165, 1.54) is 19.3 Å². The zero-order valence-corrected chi connectivity index (χ0v) is 6.62. The van der Waals surface area contributed by atoms with E-state index in [1.807, 2.05) is 0 Å². The van der Waals surface area contributed by atoms with Gasteiger partial charge in [0, 0.05) is 12.5 Å². The van der Waals surface area contributed by atoms with Gasteiger partial charge >= 0.3 is 0 Å². The van der Waals surface area contributed by atoms with Gasteiger partial charge in [0.05, 0.1) is 5.71 Å². The Balaban J connectivity index is 2.05. The lowest BCUT2D eigenvalue weighted by atomic mass is 9.84. The lowest BCUT2D eigenvalue weighted by molar-refractivity contribution is 0.0397. The van der Waals surface area contributed by atoms with Gasteiger partial charge in [-0.1, -0.05) is 11.6 Å². The van der Waals surface area contributed by atoms with E-state index in [2.05, 4.69) is 5.16 Å². The number of hydrogen-bond acceptors (Lipinski definition) is 3. The van der Waals surface area contributed by atoms with Crippen molar-refractivity contribution >= 4 is 5.71 Å². The molecule has 1 aliphatic heterocycles. The third-order valence-electron chi connectivity index (χ3n) is 2.65. The van der Waals surface area contributed by atoms with Crippen LogP contribution in [0, 0.1) is 5.92 Å². The molecule has 3 heteroatoms. The van der Waals surface area contributed by atoms with E-state index in [0.29, 0.717) is 18.6 Å². The molecule has 11 heavy (non-hydrogen) atoms. The Kier molecular flexibility index (Phi) is 1.82. The molecule has 1 heterocycles. The van der Waals surface area contributed by atoms with Crippen LogP contribution < -0.4 is 5.73 Å². The fourth-order valence-electron chi connectivity index (χ4n) is 2.00. The molecule has 3 nitrogen and oxygen atoms in total. The first kappa shape index (κ1) is 7.10. The van der Waals surface area contributed by atoms with Gasteiger partial charge in [0.1, 0.15) is 6.10 Å². The molecule has 0 unspecified atom stereocenters. The lowest BCUT2D eigenvalue weighted by Crippen LogP contribution is -2.30. The Morgan fingerprint density at radius 1 is 1.45 bits per heavy atom. The van der Waals surface area contributed by atoms with Crippen molar-refractivity contribution in [2.24, 2.45) is 16.8 Å². The van der Waals surface area contributed by atoms with Gasteiger partial charge in [-0.15, -0.1) is 0 Å². The van der Waals surface area contributed by atoms with E-state index in [1.54, 1.807) is 0 Å². The van der Waals surface area contributed by atoms with Crippen LogP contribution in [0.25, 0.3) is 0 Å². The molecule has 0 bridgehead atoms. The van der Waals surface area contributed by atoms with E-state index in [0.717, 1.165) is 12.1 Å². The van der Waals surface area contributed by atoms with Crippen LogP contribution in [0.1, 0.15) is 25.7 Å². The van der Waals surface area contributed by atoms with Crippen molar-refractivity contribution in [1.82, 2.24) is 0 Å². The monoisotopic (exact) mass is 154 g/mol. The molecule has 2 aliphatic rings. The van der Waals surface area contributed by atoms with Gasteiger partial charge in [-0.3, -0.25) is 0 Å². The van der Waals surface area contributed by atoms with Crippen molar-refractivity contribution in [3.8, 4) is 0 Å². The first-order valence-electron chi connectivity index (χ1n) is 4.34. The van der Waals surface area contributed by atoms with E-state index in [4.69, 9.17) is 10.6 Å². The molecule has 0 aromatic heterocycles. The Morgan fingerprint density at radius 2 is 2.27 bits per heavy atom. The van der Waals surface area contributed by atoms with E-state index < -0.39 is 0 Å². The highest BCUT2D eigenvalue weighted by atomic mass is 16.6. The summed E-state index contributed by atoms with van der Waals surface area (Å²) in [4.78, 5) is 5.27. The van der Waals surface area contributed by atoms with Gasteiger partial charge in [0.15, 0.2) is 0 Å². The normalized spacial score (nSPS) is 35.9. The Labute approximate surface area is 66.6 Å². The topological polar surface area (TPSA) is 47.6 Å². The number of rotatable bonds is 1. The summed E-state index contributed by atoms with van der Waals surface area (Å²) in [6.45, 7) is 0.571. The summed E-state index contributed by atoms with van der Waals surface area (Å²) < 4.78 is 0. The average Bonchev–Trinajstić information content (AvgIpc) is 2.47. The minimum absolute atomic E-state index is 0.363. The largest absolute Gasteiger partial charge is 0.392 e. The summed E-state index contributed by atoms with van der Waals surface area (Å²) in [5.41, 5.74) is 6.61. The van der Waals surface area contributed by atoms with Crippen molar-refractivity contribution in [2.45, 2.75) is 31.8 Å². The Hall–Kier alpha value is -0.570. The van der Waals surface area contributed by atoms with E-state index in [-0.39, 0.29) is 0 Å². The van der Waals surface area contributed by atoms with Crippen LogP contribution in [0.4, 0.5) is 0 Å². The third-order valence-corrected chi connectivity index (χ3v) is 2.65. The Bertz CT molecular complexity index is 179. The standard InChI is InChI=1S/C8H14N2O/c9-5-7-6-3-1-2-4-8(6)11-10-7/h6,8H,1-5,9H2/t6-,8-/m0/s1. The van der Waals surface area contributed by atoms with Crippen molar-refractivity contribution in [3.63, 3.8) is 0 Å². The van der Waals surface area contributed by atoms with Crippen molar-refractivity contribution in [2.75, 3.05) is 6.54 Å². The van der Waals surface area contributed by atoms with Gasteiger partial charge in [0.25, 0.3) is 0 Å². The fourth-order valence-corrected chi connectivity index (χ4v) is 2.00. The zero-order chi connectivity index (χ0) is 7.68. The predicted molar refractivity (Wildman–Crippen MR) is 43.3 cm³/mol. The lowest BCUT2D eigenvalue weighted by Gasteiger charge is -2.22. The molecule has 1 aliphatic carbocycles. The van der Waals surface area contributed by atoms with Crippen LogP contribution in [0.3, 0.4) is 0 Å². The van der Waals surface area contributed by atoms with Gasteiger partial charge in [-0.05, 0) is 19.3 Å². The summed E-state index contributed by atoms with van der Waals surface area (Å²) in [6, 6.07) is 0. The van der Waals surface area contributed by atoms with Gasteiger partial charge in [-0.2, -0.15) is 0 Å². The highest BCUT2D eigenvalue weighted by molar-refractivity contribution is 5.89. The molecule has 0 aromatic rings. The minimum atomic E-state index is 0.363. The summed E-state index contributed by atoms with van der Waals surface area (Å²) in [5.74, 6) is 0.550. The number of nitrogens with two attached hydrogens (primary N) is 1. The minimum Gasteiger partial charge on any atom is -0.392 e. The molecule has 1 fully saturated rings. The molecule has 2 rings (SSSR count). The second-order valence-electron chi connectivity index (χ2n) is 3.32. The predicted octanol–water partition coefficient (Wildman–Crippen LogP) is 0.890. The molecule has 2 atom stereocenters. The number of hydrogen-bond donors (Lipinski definition) is 1. The number of fused-ring (bicyclic) bond motifs is 1. The molecule has 0 radical (unpaired) electrons. The average molecular weight is 154 g/mol. The van der Waals surface area contributed by atoms with Gasteiger partial charge < -0.3 is 10.6 Å². The molecular weight excluding hydrogens is 140 g/mol. The number of nitrogens with zero attached hydrogens (tertiary/aromatic N) is 1. The fraction of sp³-hybridized carbons (Fsp3) is 0.875. The SMILES string of the molecule is NCC1=NO[C@H]2CCCC[C@@H]12. The van der Waals surface area contributed by atoms with Gasteiger partial charge in [-0.25, -0.2) is 0 Å². The molecule has 0 amide bonds. The highest BCUT2D eigenvalue weighted by Crippen LogP contribution is 2.31. The highest BCUT2D eigenvalue weighted by Gasteiger charge is 2.34. The molecule has 0 spiro atoms. The van der Waals surface area contributed by atoms with E-state index >= 15 is 0 Å². The molecular formula is C8H14N2O. The maximum absolute atomic E-state index is 5.53. The van der Waals surface area contributed by atoms with Crippen LogP contribution in [0.15, 0.2) is 5.16 Å². The Morgan fingerprint density at radius 3 is 3.09 bits per heavy atom. The summed E-state index contributed by atoms with van der Waals surface area (Å²) in [7, 11) is 0. The third kappa shape index (κ3) is 1.13. The molecule has 62 valence electrons. The summed E-state index contributed by atoms with van der Waals surface area (Å²) >= 11 is 0. The van der Waals surface area contributed by atoms with Crippen LogP contribution in [-0.4, -0.2) is 18.4 Å². The maximum atomic E-state index is 5.53. The zero-order valence-electron chi connectivity index (χ0n) is 6.62. The summed E-state index contributed by atoms with van der Waals surface area (Å²) in [5, 5.41) is 3.99. The summed E-state index contributed by atoms with van der Waals surface area (Å²) in [6.07, 6.45) is 5.35. The molecule has 0 aromatic carbocycles. The second-order valence-corrected chi connectivity index (χ2v) is 3.32. The van der Waals surface area contributed by atoms with Crippen LogP contribution in [-0.2, 0) is 4.84 Å². The molecule has 1 saturated carbocycles. The molecule has 2 N–H and O–H groups in total. The van der Waals surface area contributed by atoms with Crippen LogP contribution >= 0.6 is 0 Å². The quantitative estimate of drug-likeness (QED) is 0.609. The first-order chi connectivity index (χ1) is 5.42. The smallest absolute Gasteiger partial charge is 0.135 e. The van der Waals surface area contributed by atoms with E-state index in [9.17, 15) is 0 Å². The molecule has 0 saturated heterocycles. The number of oxime groups is 1. The van der Waals surface area contributed by atoms with Gasteiger partial charge in [0.2, 0.25) is 0 Å². The van der Waals surface area contributed by atoms with Crippen molar-refractivity contribution in [3.05, 3.63) is 0 Å². The van der Waals surface area contributed by atoms with Crippen molar-refractivity contribution in [1.29, 1.82) is 0 Å². The maximum Gasteiger partial charge on any atom is 0.135 e. The van der Waals surface area contributed by atoms with Crippen molar-refractivity contribution < 1.29 is 4.84 Å². The first-order valence-corrected chi connectivity index (χ1v) is 4.34. The second kappa shape index (κ2) is 2.81.